The van der Waals surface area contributed by atoms with Crippen LogP contribution in [0.25, 0.3) is 0 Å². The minimum absolute atomic E-state index is 0.0455. The molecule has 4 rings (SSSR count). The molecule has 0 radical (unpaired) electrons. The Hall–Kier alpha value is -2.69. The first-order chi connectivity index (χ1) is 15.2. The number of ether oxygens (including phenoxy) is 1. The number of benzene rings is 1. The molecule has 1 aromatic carbocycles. The van der Waals surface area contributed by atoms with Crippen LogP contribution in [-0.4, -0.2) is 70.1 Å². The lowest BCUT2D eigenvalue weighted by Gasteiger charge is -2.44. The Kier molecular flexibility index (Phi) is 6.11. The SMILES string of the molecule is C[C@@H]1C(=O)N(C)c2ccc(Nc3ccc(S(=O)(=O)N(C)C)cc3)nc2N1C1CCOCC1. The summed E-state index contributed by atoms with van der Waals surface area (Å²) in [5, 5.41) is 3.25. The average molecular weight is 460 g/mol. The van der Waals surface area contributed by atoms with Gasteiger partial charge < -0.3 is 19.9 Å². The third kappa shape index (κ3) is 4.05. The van der Waals surface area contributed by atoms with Crippen molar-refractivity contribution in [3.63, 3.8) is 0 Å². The van der Waals surface area contributed by atoms with Gasteiger partial charge in [0.1, 0.15) is 11.9 Å². The molecule has 1 fully saturated rings. The number of likely N-dealkylation sites (N-methyl/N-ethyl adjacent to an activating group) is 1. The van der Waals surface area contributed by atoms with E-state index >= 15 is 0 Å². The van der Waals surface area contributed by atoms with Crippen molar-refractivity contribution in [2.24, 2.45) is 0 Å². The van der Waals surface area contributed by atoms with Gasteiger partial charge in [0.15, 0.2) is 5.82 Å². The number of pyridine rings is 1. The number of carbonyl (C=O) groups is 1. The average Bonchev–Trinajstić information content (AvgIpc) is 2.78. The highest BCUT2D eigenvalue weighted by molar-refractivity contribution is 7.89. The second-order valence-electron chi connectivity index (χ2n) is 8.30. The number of amides is 1. The Balaban J connectivity index is 1.64. The van der Waals surface area contributed by atoms with E-state index in [1.807, 2.05) is 19.1 Å². The van der Waals surface area contributed by atoms with Gasteiger partial charge >= 0.3 is 0 Å². The number of hydrogen-bond acceptors (Lipinski definition) is 7. The topological polar surface area (TPSA) is 95.1 Å². The fraction of sp³-hybridized carbons (Fsp3) is 0.455. The van der Waals surface area contributed by atoms with Crippen LogP contribution < -0.4 is 15.1 Å². The molecule has 0 spiro atoms. The summed E-state index contributed by atoms with van der Waals surface area (Å²) in [6, 6.07) is 10.2. The third-order valence-electron chi connectivity index (χ3n) is 6.06. The normalized spacial score (nSPS) is 19.9. The summed E-state index contributed by atoms with van der Waals surface area (Å²) in [6.07, 6.45) is 1.70. The Labute approximate surface area is 189 Å². The Bertz CT molecular complexity index is 1100. The molecule has 1 amide bonds. The predicted octanol–water partition coefficient (Wildman–Crippen LogP) is 2.43. The molecule has 2 aromatic rings. The largest absolute Gasteiger partial charge is 0.381 e. The van der Waals surface area contributed by atoms with Crippen LogP contribution in [-0.2, 0) is 19.6 Å². The Morgan fingerprint density at radius 1 is 1.09 bits per heavy atom. The molecule has 1 N–H and O–H groups in total. The summed E-state index contributed by atoms with van der Waals surface area (Å²) in [6.45, 7) is 3.27. The summed E-state index contributed by atoms with van der Waals surface area (Å²) < 4.78 is 31.3. The van der Waals surface area contributed by atoms with Crippen LogP contribution in [0.15, 0.2) is 41.3 Å². The van der Waals surface area contributed by atoms with Crippen molar-refractivity contribution >= 4 is 38.9 Å². The van der Waals surface area contributed by atoms with Gasteiger partial charge in [-0.2, -0.15) is 0 Å². The molecule has 2 aliphatic heterocycles. The van der Waals surface area contributed by atoms with Crippen LogP contribution in [0.4, 0.5) is 23.0 Å². The van der Waals surface area contributed by atoms with E-state index in [1.165, 1.54) is 18.4 Å². The Morgan fingerprint density at radius 3 is 2.38 bits per heavy atom. The molecule has 0 unspecified atom stereocenters. The zero-order valence-corrected chi connectivity index (χ0v) is 19.6. The molecule has 32 heavy (non-hydrogen) atoms. The molecule has 172 valence electrons. The van der Waals surface area contributed by atoms with Crippen LogP contribution in [0, 0.1) is 0 Å². The zero-order chi connectivity index (χ0) is 23.0. The van der Waals surface area contributed by atoms with E-state index in [1.54, 1.807) is 36.2 Å². The van der Waals surface area contributed by atoms with Gasteiger partial charge in [0.25, 0.3) is 0 Å². The number of rotatable bonds is 5. The van der Waals surface area contributed by atoms with Crippen LogP contribution in [0.3, 0.4) is 0 Å². The summed E-state index contributed by atoms with van der Waals surface area (Å²) in [4.78, 5) is 21.7. The molecular formula is C22H29N5O4S. The minimum Gasteiger partial charge on any atom is -0.381 e. The zero-order valence-electron chi connectivity index (χ0n) is 18.8. The van der Waals surface area contributed by atoms with Crippen molar-refractivity contribution in [2.75, 3.05) is 49.5 Å². The van der Waals surface area contributed by atoms with Gasteiger partial charge in [-0.05, 0) is 56.2 Å². The number of hydrogen-bond donors (Lipinski definition) is 1. The highest BCUT2D eigenvalue weighted by Gasteiger charge is 2.39. The molecule has 0 saturated carbocycles. The highest BCUT2D eigenvalue weighted by atomic mass is 32.2. The molecule has 1 saturated heterocycles. The molecule has 0 aliphatic carbocycles. The van der Waals surface area contributed by atoms with E-state index in [9.17, 15) is 13.2 Å². The van der Waals surface area contributed by atoms with E-state index in [-0.39, 0.29) is 22.9 Å². The molecule has 3 heterocycles. The summed E-state index contributed by atoms with van der Waals surface area (Å²) in [5.74, 6) is 1.44. The smallest absolute Gasteiger partial charge is 0.249 e. The van der Waals surface area contributed by atoms with Crippen LogP contribution in [0.2, 0.25) is 0 Å². The van der Waals surface area contributed by atoms with Crippen LogP contribution in [0.1, 0.15) is 19.8 Å². The monoisotopic (exact) mass is 459 g/mol. The molecule has 1 aromatic heterocycles. The second-order valence-corrected chi connectivity index (χ2v) is 10.5. The molecule has 0 bridgehead atoms. The maximum Gasteiger partial charge on any atom is 0.249 e. The van der Waals surface area contributed by atoms with Crippen molar-refractivity contribution in [2.45, 2.75) is 36.7 Å². The number of sulfonamides is 1. The molecule has 2 aliphatic rings. The van der Waals surface area contributed by atoms with E-state index < -0.39 is 10.0 Å². The number of nitrogens with zero attached hydrogens (tertiary/aromatic N) is 4. The molecule has 1 atom stereocenters. The van der Waals surface area contributed by atoms with E-state index in [2.05, 4.69) is 10.2 Å². The number of nitrogens with one attached hydrogen (secondary N) is 1. The van der Waals surface area contributed by atoms with Crippen molar-refractivity contribution in [1.29, 1.82) is 0 Å². The van der Waals surface area contributed by atoms with Gasteiger partial charge in [-0.3, -0.25) is 4.79 Å². The number of anilines is 4. The van der Waals surface area contributed by atoms with Crippen LogP contribution >= 0.6 is 0 Å². The summed E-state index contributed by atoms with van der Waals surface area (Å²) >= 11 is 0. The third-order valence-corrected chi connectivity index (χ3v) is 7.88. The van der Waals surface area contributed by atoms with E-state index in [4.69, 9.17) is 9.72 Å². The number of fused-ring (bicyclic) bond motifs is 1. The summed E-state index contributed by atoms with van der Waals surface area (Å²) in [7, 11) is 1.31. The van der Waals surface area contributed by atoms with E-state index in [0.29, 0.717) is 19.0 Å². The maximum atomic E-state index is 12.8. The molecule has 9 nitrogen and oxygen atoms in total. The molecule has 10 heteroatoms. The minimum atomic E-state index is -3.48. The number of aromatic nitrogens is 1. The van der Waals surface area contributed by atoms with Gasteiger partial charge in [-0.25, -0.2) is 17.7 Å². The van der Waals surface area contributed by atoms with Gasteiger partial charge in [0.2, 0.25) is 15.9 Å². The van der Waals surface area contributed by atoms with E-state index in [0.717, 1.165) is 30.0 Å². The first-order valence-corrected chi connectivity index (χ1v) is 12.1. The Morgan fingerprint density at radius 2 is 1.75 bits per heavy atom. The summed E-state index contributed by atoms with van der Waals surface area (Å²) in [5.41, 5.74) is 1.50. The highest BCUT2D eigenvalue weighted by Crippen LogP contribution is 2.38. The standard InChI is InChI=1S/C22H29N5O4S/c1-15-22(28)26(4)19-9-10-20(24-21(19)27(15)17-11-13-31-14-12-17)23-16-5-7-18(8-6-16)32(29,30)25(2)3/h5-10,15,17H,11-14H2,1-4H3,(H,23,24)/t15-/m1/s1. The van der Waals surface area contributed by atoms with Crippen molar-refractivity contribution < 1.29 is 17.9 Å². The first-order valence-electron chi connectivity index (χ1n) is 10.6. The first kappa shape index (κ1) is 22.5. The van der Waals surface area contributed by atoms with Gasteiger partial charge in [0.05, 0.1) is 10.6 Å². The lowest BCUT2D eigenvalue weighted by molar-refractivity contribution is -0.119. The fourth-order valence-corrected chi connectivity index (χ4v) is 5.09. The number of carbonyl (C=O) groups excluding carboxylic acids is 1. The predicted molar refractivity (Wildman–Crippen MR) is 124 cm³/mol. The maximum absolute atomic E-state index is 12.8. The van der Waals surface area contributed by atoms with Gasteiger partial charge in [-0.15, -0.1) is 0 Å². The van der Waals surface area contributed by atoms with Gasteiger partial charge in [-0.1, -0.05) is 0 Å². The van der Waals surface area contributed by atoms with Crippen molar-refractivity contribution in [1.82, 2.24) is 9.29 Å². The lowest BCUT2D eigenvalue weighted by atomic mass is 10.0. The molecular weight excluding hydrogens is 430 g/mol. The lowest BCUT2D eigenvalue weighted by Crippen LogP contribution is -2.56. The van der Waals surface area contributed by atoms with Crippen molar-refractivity contribution in [3.05, 3.63) is 36.4 Å². The van der Waals surface area contributed by atoms with Gasteiger partial charge in [0, 0.05) is 46.1 Å². The fourth-order valence-electron chi connectivity index (χ4n) is 4.19. The van der Waals surface area contributed by atoms with Crippen LogP contribution in [0.5, 0.6) is 0 Å². The van der Waals surface area contributed by atoms with Crippen molar-refractivity contribution in [3.8, 4) is 0 Å². The second kappa shape index (κ2) is 8.68. The quantitative estimate of drug-likeness (QED) is 0.734.